The molecule has 0 aromatic heterocycles. The van der Waals surface area contributed by atoms with Gasteiger partial charge >= 0.3 is 0 Å². The Morgan fingerprint density at radius 1 is 1.20 bits per heavy atom. The van der Waals surface area contributed by atoms with Crippen molar-refractivity contribution in [1.29, 1.82) is 0 Å². The van der Waals surface area contributed by atoms with Crippen molar-refractivity contribution < 1.29 is 8.78 Å². The molecule has 0 aliphatic heterocycles. The first-order valence-corrected chi connectivity index (χ1v) is 5.11. The van der Waals surface area contributed by atoms with Crippen LogP contribution in [0.5, 0.6) is 0 Å². The molecule has 0 spiro atoms. The summed E-state index contributed by atoms with van der Waals surface area (Å²) in [7, 11) is 3.66. The number of benzene rings is 1. The zero-order valence-corrected chi connectivity index (χ0v) is 8.95. The summed E-state index contributed by atoms with van der Waals surface area (Å²) in [6.45, 7) is 0.451. The first-order chi connectivity index (χ1) is 7.03. The average Bonchev–Trinajstić information content (AvgIpc) is 2.68. The summed E-state index contributed by atoms with van der Waals surface area (Å²) in [6, 6.07) is 9.06. The molecule has 0 radical (unpaired) electrons. The third-order valence-electron chi connectivity index (χ3n) is 2.92. The van der Waals surface area contributed by atoms with E-state index in [0.717, 1.165) is 5.56 Å². The van der Waals surface area contributed by atoms with E-state index in [-0.39, 0.29) is 0 Å². The van der Waals surface area contributed by atoms with Crippen molar-refractivity contribution in [3.8, 4) is 0 Å². The van der Waals surface area contributed by atoms with Crippen molar-refractivity contribution in [3.63, 3.8) is 0 Å². The molecule has 1 saturated carbocycles. The van der Waals surface area contributed by atoms with Gasteiger partial charge in [-0.3, -0.25) is 0 Å². The van der Waals surface area contributed by atoms with Crippen molar-refractivity contribution in [3.05, 3.63) is 35.9 Å². The molecule has 1 unspecified atom stereocenters. The standard InChI is InChI=1S/C12H15F2N/c1-15(2)8-10-11(12(10,13)14)9-6-4-3-5-7-9/h3-7,10-11H,8H2,1-2H3/t10-,11?/m1/s1. The summed E-state index contributed by atoms with van der Waals surface area (Å²) in [5.41, 5.74) is 0.759. The van der Waals surface area contributed by atoms with Gasteiger partial charge in [-0.2, -0.15) is 0 Å². The fraction of sp³-hybridized carbons (Fsp3) is 0.500. The lowest BCUT2D eigenvalue weighted by molar-refractivity contribution is 0.0875. The number of hydrogen-bond donors (Lipinski definition) is 0. The van der Waals surface area contributed by atoms with E-state index in [2.05, 4.69) is 0 Å². The monoisotopic (exact) mass is 211 g/mol. The molecule has 1 aromatic carbocycles. The highest BCUT2D eigenvalue weighted by Crippen LogP contribution is 2.61. The molecule has 1 fully saturated rings. The molecule has 1 nitrogen and oxygen atoms in total. The van der Waals surface area contributed by atoms with Crippen molar-refractivity contribution in [2.75, 3.05) is 20.6 Å². The van der Waals surface area contributed by atoms with Gasteiger partial charge in [0.25, 0.3) is 5.92 Å². The molecule has 1 aliphatic rings. The minimum Gasteiger partial charge on any atom is -0.309 e. The second kappa shape index (κ2) is 3.56. The van der Waals surface area contributed by atoms with E-state index in [1.165, 1.54) is 0 Å². The van der Waals surface area contributed by atoms with Gasteiger partial charge in [0.2, 0.25) is 0 Å². The van der Waals surface area contributed by atoms with Gasteiger partial charge in [-0.15, -0.1) is 0 Å². The molecule has 2 atom stereocenters. The third-order valence-corrected chi connectivity index (χ3v) is 2.92. The van der Waals surface area contributed by atoms with Gasteiger partial charge in [-0.1, -0.05) is 30.3 Å². The second-order valence-electron chi connectivity index (χ2n) is 4.43. The van der Waals surface area contributed by atoms with Crippen LogP contribution in [0.2, 0.25) is 0 Å². The minimum absolute atomic E-state index is 0.451. The molecule has 2 rings (SSSR count). The summed E-state index contributed by atoms with van der Waals surface area (Å²) in [5.74, 6) is -3.62. The van der Waals surface area contributed by atoms with Crippen LogP contribution in [0.4, 0.5) is 8.78 Å². The lowest BCUT2D eigenvalue weighted by Gasteiger charge is -2.07. The SMILES string of the molecule is CN(C)C[C@@H]1C(c2ccccc2)C1(F)F. The van der Waals surface area contributed by atoms with Crippen molar-refractivity contribution in [2.45, 2.75) is 11.8 Å². The van der Waals surface area contributed by atoms with Crippen LogP contribution in [0, 0.1) is 5.92 Å². The Morgan fingerprint density at radius 3 is 2.33 bits per heavy atom. The molecule has 0 bridgehead atoms. The Morgan fingerprint density at radius 2 is 1.80 bits per heavy atom. The van der Waals surface area contributed by atoms with Gasteiger partial charge in [0.15, 0.2) is 0 Å². The molecular weight excluding hydrogens is 196 g/mol. The highest BCUT2D eigenvalue weighted by atomic mass is 19.3. The maximum absolute atomic E-state index is 13.5. The molecule has 0 amide bonds. The Hall–Kier alpha value is -0.960. The molecule has 15 heavy (non-hydrogen) atoms. The normalized spacial score (nSPS) is 28.1. The van der Waals surface area contributed by atoms with E-state index in [9.17, 15) is 8.78 Å². The third kappa shape index (κ3) is 1.88. The predicted octanol–water partition coefficient (Wildman–Crippen LogP) is 2.60. The molecule has 0 N–H and O–H groups in total. The summed E-state index contributed by atoms with van der Waals surface area (Å²) >= 11 is 0. The van der Waals surface area contributed by atoms with Gasteiger partial charge < -0.3 is 4.90 Å². The van der Waals surface area contributed by atoms with Crippen molar-refractivity contribution >= 4 is 0 Å². The molecule has 0 heterocycles. The first kappa shape index (κ1) is 10.6. The number of rotatable bonds is 3. The van der Waals surface area contributed by atoms with Crippen LogP contribution in [0.3, 0.4) is 0 Å². The lowest BCUT2D eigenvalue weighted by atomic mass is 10.1. The van der Waals surface area contributed by atoms with Gasteiger partial charge in [0.1, 0.15) is 0 Å². The first-order valence-electron chi connectivity index (χ1n) is 5.11. The highest BCUT2D eigenvalue weighted by Gasteiger charge is 2.68. The molecule has 3 heteroatoms. The van der Waals surface area contributed by atoms with Crippen LogP contribution < -0.4 is 0 Å². The Bertz CT molecular complexity index is 335. The summed E-state index contributed by atoms with van der Waals surface area (Å²) in [5, 5.41) is 0. The number of nitrogens with zero attached hydrogens (tertiary/aromatic N) is 1. The van der Waals surface area contributed by atoms with Gasteiger partial charge in [0.05, 0.1) is 5.92 Å². The maximum atomic E-state index is 13.5. The van der Waals surface area contributed by atoms with E-state index in [1.807, 2.05) is 37.2 Å². The average molecular weight is 211 g/mol. The topological polar surface area (TPSA) is 3.24 Å². The Kier molecular flexibility index (Phi) is 2.51. The van der Waals surface area contributed by atoms with Crippen LogP contribution in [-0.4, -0.2) is 31.5 Å². The zero-order chi connectivity index (χ0) is 11.1. The van der Waals surface area contributed by atoms with Crippen LogP contribution >= 0.6 is 0 Å². The van der Waals surface area contributed by atoms with E-state index in [1.54, 1.807) is 12.1 Å². The molecule has 1 aliphatic carbocycles. The molecule has 0 saturated heterocycles. The van der Waals surface area contributed by atoms with Crippen molar-refractivity contribution in [2.24, 2.45) is 5.92 Å². The summed E-state index contributed by atoms with van der Waals surface area (Å²) in [6.07, 6.45) is 0. The van der Waals surface area contributed by atoms with E-state index in [0.29, 0.717) is 6.54 Å². The summed E-state index contributed by atoms with van der Waals surface area (Å²) in [4.78, 5) is 1.82. The summed E-state index contributed by atoms with van der Waals surface area (Å²) < 4.78 is 27.0. The van der Waals surface area contributed by atoms with Crippen LogP contribution in [0.1, 0.15) is 11.5 Å². The zero-order valence-electron chi connectivity index (χ0n) is 8.95. The van der Waals surface area contributed by atoms with Gasteiger partial charge in [-0.05, 0) is 19.7 Å². The largest absolute Gasteiger partial charge is 0.309 e. The predicted molar refractivity (Wildman–Crippen MR) is 56.2 cm³/mol. The van der Waals surface area contributed by atoms with E-state index in [4.69, 9.17) is 0 Å². The highest BCUT2D eigenvalue weighted by molar-refractivity contribution is 5.32. The smallest absolute Gasteiger partial charge is 0.260 e. The van der Waals surface area contributed by atoms with Gasteiger partial charge in [-0.25, -0.2) is 8.78 Å². The van der Waals surface area contributed by atoms with E-state index >= 15 is 0 Å². The number of alkyl halides is 2. The Balaban J connectivity index is 2.13. The minimum atomic E-state index is -2.52. The van der Waals surface area contributed by atoms with Crippen molar-refractivity contribution in [1.82, 2.24) is 4.90 Å². The number of hydrogen-bond acceptors (Lipinski definition) is 1. The molecule has 1 aromatic rings. The lowest BCUT2D eigenvalue weighted by Crippen LogP contribution is -2.17. The number of halogens is 2. The fourth-order valence-corrected chi connectivity index (χ4v) is 2.13. The molecule has 82 valence electrons. The quantitative estimate of drug-likeness (QED) is 0.742. The van der Waals surface area contributed by atoms with Crippen LogP contribution in [0.25, 0.3) is 0 Å². The molecular formula is C12H15F2N. The fourth-order valence-electron chi connectivity index (χ4n) is 2.13. The van der Waals surface area contributed by atoms with E-state index < -0.39 is 17.8 Å². The Labute approximate surface area is 88.7 Å². The van der Waals surface area contributed by atoms with Crippen LogP contribution in [0.15, 0.2) is 30.3 Å². The maximum Gasteiger partial charge on any atom is 0.260 e. The van der Waals surface area contributed by atoms with Crippen LogP contribution in [-0.2, 0) is 0 Å². The van der Waals surface area contributed by atoms with Gasteiger partial charge in [0, 0.05) is 12.5 Å². The second-order valence-corrected chi connectivity index (χ2v) is 4.43.